The minimum atomic E-state index is -3.79. The van der Waals surface area contributed by atoms with E-state index in [2.05, 4.69) is 9.44 Å². The Morgan fingerprint density at radius 2 is 0.750 bits per heavy atom. The van der Waals surface area contributed by atoms with Gasteiger partial charge in [0.2, 0.25) is 0 Å². The van der Waals surface area contributed by atoms with Gasteiger partial charge in [-0.25, -0.2) is 16.8 Å². The fourth-order valence-corrected chi connectivity index (χ4v) is 7.23. The maximum Gasteiger partial charge on any atom is 0.262 e. The monoisotopic (exact) mass is 472 g/mol. The van der Waals surface area contributed by atoms with E-state index in [9.17, 15) is 16.8 Å². The predicted octanol–water partition coefficient (Wildman–Crippen LogP) is 5.14. The number of rotatable bonds is 6. The van der Waals surface area contributed by atoms with E-state index in [4.69, 9.17) is 0 Å². The zero-order chi connectivity index (χ0) is 23.8. The molecule has 0 saturated heterocycles. The van der Waals surface area contributed by atoms with Crippen LogP contribution in [0.4, 0.5) is 11.4 Å². The van der Waals surface area contributed by atoms with Gasteiger partial charge in [0.05, 0.1) is 9.79 Å². The van der Waals surface area contributed by atoms with Crippen molar-refractivity contribution < 1.29 is 16.8 Å². The SMILES string of the molecule is Cc1cc(C)c(S(=O)(=O)Nc2ccc(NS(=O)(=O)c3c(C)cc(C)cc3C)cc2)c(C)c1. The molecule has 0 saturated carbocycles. The average Bonchev–Trinajstić information content (AvgIpc) is 2.60. The van der Waals surface area contributed by atoms with E-state index >= 15 is 0 Å². The van der Waals surface area contributed by atoms with Gasteiger partial charge in [0.15, 0.2) is 0 Å². The van der Waals surface area contributed by atoms with Crippen LogP contribution in [0.1, 0.15) is 33.4 Å². The molecule has 0 amide bonds. The van der Waals surface area contributed by atoms with E-state index in [-0.39, 0.29) is 9.79 Å². The van der Waals surface area contributed by atoms with Crippen LogP contribution in [-0.4, -0.2) is 16.8 Å². The van der Waals surface area contributed by atoms with E-state index in [1.165, 1.54) is 24.3 Å². The topological polar surface area (TPSA) is 92.3 Å². The Hall–Kier alpha value is -2.84. The summed E-state index contributed by atoms with van der Waals surface area (Å²) in [5.74, 6) is 0. The van der Waals surface area contributed by atoms with Crippen molar-refractivity contribution >= 4 is 31.4 Å². The fourth-order valence-electron chi connectivity index (χ4n) is 4.20. The molecule has 170 valence electrons. The van der Waals surface area contributed by atoms with Crippen LogP contribution in [0.15, 0.2) is 58.3 Å². The molecule has 3 rings (SSSR count). The first kappa shape index (κ1) is 23.8. The average molecular weight is 473 g/mol. The van der Waals surface area contributed by atoms with Crippen molar-refractivity contribution in [1.82, 2.24) is 0 Å². The zero-order valence-corrected chi connectivity index (χ0v) is 20.7. The van der Waals surface area contributed by atoms with Gasteiger partial charge in [0.25, 0.3) is 20.0 Å². The second kappa shape index (κ2) is 8.60. The molecule has 0 aliphatic rings. The van der Waals surface area contributed by atoms with Crippen LogP contribution in [0.3, 0.4) is 0 Å². The number of hydrogen-bond donors (Lipinski definition) is 2. The second-order valence-electron chi connectivity index (χ2n) is 8.24. The summed E-state index contributed by atoms with van der Waals surface area (Å²) in [6.45, 7) is 10.9. The molecule has 6 nitrogen and oxygen atoms in total. The van der Waals surface area contributed by atoms with Crippen molar-refractivity contribution in [3.8, 4) is 0 Å². The number of benzene rings is 3. The zero-order valence-electron chi connectivity index (χ0n) is 19.1. The number of nitrogens with one attached hydrogen (secondary N) is 2. The van der Waals surface area contributed by atoms with Gasteiger partial charge in [-0.3, -0.25) is 9.44 Å². The van der Waals surface area contributed by atoms with Crippen molar-refractivity contribution in [2.75, 3.05) is 9.44 Å². The van der Waals surface area contributed by atoms with Crippen LogP contribution < -0.4 is 9.44 Å². The third-order valence-corrected chi connectivity index (χ3v) is 8.51. The highest BCUT2D eigenvalue weighted by molar-refractivity contribution is 7.93. The Morgan fingerprint density at radius 1 is 0.500 bits per heavy atom. The van der Waals surface area contributed by atoms with Gasteiger partial charge in [-0.05, 0) is 88.1 Å². The van der Waals surface area contributed by atoms with Gasteiger partial charge in [0, 0.05) is 11.4 Å². The molecule has 0 radical (unpaired) electrons. The van der Waals surface area contributed by atoms with Crippen LogP contribution in [0, 0.1) is 41.5 Å². The Bertz CT molecular complexity index is 1240. The van der Waals surface area contributed by atoms with E-state index in [0.717, 1.165) is 11.1 Å². The smallest absolute Gasteiger partial charge is 0.262 e. The maximum atomic E-state index is 12.9. The molecule has 0 aliphatic heterocycles. The summed E-state index contributed by atoms with van der Waals surface area (Å²) in [5.41, 5.74) is 5.35. The van der Waals surface area contributed by atoms with Gasteiger partial charge in [-0.2, -0.15) is 0 Å². The second-order valence-corrected chi connectivity index (χ2v) is 11.5. The summed E-state index contributed by atoms with van der Waals surface area (Å²) in [7, 11) is -7.57. The standard InChI is InChI=1S/C24H28N2O4S2/c1-15-11-17(3)23(18(4)12-15)31(27,28)25-21-7-9-22(10-8-21)26-32(29,30)24-19(5)13-16(2)14-20(24)6/h7-14,25-26H,1-6H3. The highest BCUT2D eigenvalue weighted by Crippen LogP contribution is 2.27. The molecule has 0 aliphatic carbocycles. The molecule has 8 heteroatoms. The van der Waals surface area contributed by atoms with Crippen molar-refractivity contribution in [3.63, 3.8) is 0 Å². The molecular weight excluding hydrogens is 444 g/mol. The Labute approximate surface area is 190 Å². The molecular formula is C24H28N2O4S2. The van der Waals surface area contributed by atoms with Crippen LogP contribution in [-0.2, 0) is 20.0 Å². The normalized spacial score (nSPS) is 11.9. The molecule has 0 unspecified atom stereocenters. The van der Waals surface area contributed by atoms with Crippen LogP contribution >= 0.6 is 0 Å². The van der Waals surface area contributed by atoms with Gasteiger partial charge in [-0.1, -0.05) is 35.4 Å². The lowest BCUT2D eigenvalue weighted by atomic mass is 10.1. The first-order chi connectivity index (χ1) is 14.8. The number of sulfonamides is 2. The molecule has 0 heterocycles. The predicted molar refractivity (Wildman–Crippen MR) is 129 cm³/mol. The third-order valence-electron chi connectivity index (χ3n) is 5.14. The van der Waals surface area contributed by atoms with Crippen molar-refractivity contribution in [2.45, 2.75) is 51.3 Å². The number of hydrogen-bond acceptors (Lipinski definition) is 4. The minimum Gasteiger partial charge on any atom is -0.280 e. The lowest BCUT2D eigenvalue weighted by molar-refractivity contribution is 0.598. The van der Waals surface area contributed by atoms with Gasteiger partial charge in [-0.15, -0.1) is 0 Å². The molecule has 2 N–H and O–H groups in total. The summed E-state index contributed by atoms with van der Waals surface area (Å²) >= 11 is 0. The van der Waals surface area contributed by atoms with Crippen LogP contribution in [0.25, 0.3) is 0 Å². The highest BCUT2D eigenvalue weighted by Gasteiger charge is 2.22. The molecule has 0 bridgehead atoms. The first-order valence-electron chi connectivity index (χ1n) is 10.1. The summed E-state index contributed by atoms with van der Waals surface area (Å²) in [5, 5.41) is 0. The van der Waals surface area contributed by atoms with Crippen molar-refractivity contribution in [3.05, 3.63) is 81.9 Å². The Morgan fingerprint density at radius 3 is 1.00 bits per heavy atom. The van der Waals surface area contributed by atoms with Crippen molar-refractivity contribution in [1.29, 1.82) is 0 Å². The number of aryl methyl sites for hydroxylation is 6. The van der Waals surface area contributed by atoms with Gasteiger partial charge >= 0.3 is 0 Å². The first-order valence-corrected chi connectivity index (χ1v) is 13.1. The molecule has 3 aromatic carbocycles. The van der Waals surface area contributed by atoms with Gasteiger partial charge < -0.3 is 0 Å². The summed E-state index contributed by atoms with van der Waals surface area (Å²) < 4.78 is 56.9. The fraction of sp³-hybridized carbons (Fsp3) is 0.250. The van der Waals surface area contributed by atoms with Crippen LogP contribution in [0.2, 0.25) is 0 Å². The van der Waals surface area contributed by atoms with E-state index in [1.54, 1.807) is 27.7 Å². The molecule has 0 spiro atoms. The van der Waals surface area contributed by atoms with E-state index in [1.807, 2.05) is 38.1 Å². The molecule has 32 heavy (non-hydrogen) atoms. The summed E-state index contributed by atoms with van der Waals surface area (Å²) in [6.07, 6.45) is 0. The minimum absolute atomic E-state index is 0.248. The maximum absolute atomic E-state index is 12.9. The van der Waals surface area contributed by atoms with Crippen molar-refractivity contribution in [2.24, 2.45) is 0 Å². The Kier molecular flexibility index (Phi) is 6.40. The quantitative estimate of drug-likeness (QED) is 0.520. The van der Waals surface area contributed by atoms with E-state index in [0.29, 0.717) is 33.6 Å². The molecule has 0 aromatic heterocycles. The number of anilines is 2. The van der Waals surface area contributed by atoms with Gasteiger partial charge in [0.1, 0.15) is 0 Å². The lowest BCUT2D eigenvalue weighted by Gasteiger charge is -2.15. The third kappa shape index (κ3) is 4.97. The largest absolute Gasteiger partial charge is 0.280 e. The van der Waals surface area contributed by atoms with Crippen LogP contribution in [0.5, 0.6) is 0 Å². The molecule has 3 aromatic rings. The van der Waals surface area contributed by atoms with E-state index < -0.39 is 20.0 Å². The lowest BCUT2D eigenvalue weighted by Crippen LogP contribution is -2.17. The molecule has 0 atom stereocenters. The summed E-state index contributed by atoms with van der Waals surface area (Å²) in [4.78, 5) is 0.497. The highest BCUT2D eigenvalue weighted by atomic mass is 32.2. The molecule has 0 fully saturated rings. The summed E-state index contributed by atoms with van der Waals surface area (Å²) in [6, 6.07) is 13.4. The Balaban J connectivity index is 1.85.